The zero-order valence-corrected chi connectivity index (χ0v) is 14.0. The van der Waals surface area contributed by atoms with Gasteiger partial charge in [0.2, 0.25) is 0 Å². The Labute approximate surface area is 146 Å². The number of hydrogen-bond acceptors (Lipinski definition) is 2. The molecule has 1 atom stereocenters. The van der Waals surface area contributed by atoms with E-state index in [1.54, 1.807) is 4.90 Å². The van der Waals surface area contributed by atoms with E-state index in [-0.39, 0.29) is 17.8 Å². The molecule has 0 aromatic heterocycles. The molecule has 1 fully saturated rings. The van der Waals surface area contributed by atoms with Crippen LogP contribution < -0.4 is 0 Å². The summed E-state index contributed by atoms with van der Waals surface area (Å²) < 4.78 is 18.9. The molecule has 1 heterocycles. The molecule has 0 spiro atoms. The number of rotatable bonds is 4. The van der Waals surface area contributed by atoms with Gasteiger partial charge in [0.1, 0.15) is 5.82 Å². The lowest BCUT2D eigenvalue weighted by Crippen LogP contribution is -2.43. The van der Waals surface area contributed by atoms with Crippen molar-refractivity contribution in [2.45, 2.75) is 25.6 Å². The highest BCUT2D eigenvalue weighted by Gasteiger charge is 2.25. The maximum absolute atomic E-state index is 13.0. The molecule has 1 aliphatic heterocycles. The van der Waals surface area contributed by atoms with Gasteiger partial charge in [-0.25, -0.2) is 4.39 Å². The van der Waals surface area contributed by atoms with Crippen molar-refractivity contribution in [3.05, 3.63) is 70.5 Å². The van der Waals surface area contributed by atoms with E-state index in [1.165, 1.54) is 24.3 Å². The molecular weight excluding hydrogens is 329 g/mol. The molecule has 126 valence electrons. The van der Waals surface area contributed by atoms with Crippen molar-refractivity contribution in [3.63, 3.8) is 0 Å². The highest BCUT2D eigenvalue weighted by molar-refractivity contribution is 6.30. The predicted molar refractivity (Wildman–Crippen MR) is 91.6 cm³/mol. The Balaban J connectivity index is 1.57. The molecule has 0 aliphatic carbocycles. The number of halogens is 2. The fraction of sp³-hybridized carbons (Fsp3) is 0.316. The van der Waals surface area contributed by atoms with E-state index in [4.69, 9.17) is 16.3 Å². The van der Waals surface area contributed by atoms with Crippen LogP contribution in [0.15, 0.2) is 48.5 Å². The van der Waals surface area contributed by atoms with Crippen LogP contribution in [0, 0.1) is 5.82 Å². The summed E-state index contributed by atoms with van der Waals surface area (Å²) in [6.07, 6.45) is 1.82. The summed E-state index contributed by atoms with van der Waals surface area (Å²) in [7, 11) is 0. The normalized spacial score (nSPS) is 17.8. The van der Waals surface area contributed by atoms with Gasteiger partial charge in [0.05, 0.1) is 12.7 Å². The fourth-order valence-electron chi connectivity index (χ4n) is 2.87. The number of piperidine rings is 1. The Kier molecular flexibility index (Phi) is 5.48. The van der Waals surface area contributed by atoms with Gasteiger partial charge in [0.15, 0.2) is 0 Å². The maximum atomic E-state index is 13.0. The molecule has 0 unspecified atom stereocenters. The molecule has 2 aromatic carbocycles. The standard InChI is InChI=1S/C19H19ClFNO2/c20-16-4-1-3-14(11-16)13-24-18-5-2-10-22(12-18)19(23)15-6-8-17(21)9-7-15/h1,3-4,6-9,11,18H,2,5,10,12-13H2/t18-/m1/s1. The second-order valence-electron chi connectivity index (χ2n) is 5.96. The van der Waals surface area contributed by atoms with Crippen molar-refractivity contribution in [3.8, 4) is 0 Å². The molecule has 0 bridgehead atoms. The van der Waals surface area contributed by atoms with Crippen molar-refractivity contribution in [1.29, 1.82) is 0 Å². The van der Waals surface area contributed by atoms with Crippen molar-refractivity contribution < 1.29 is 13.9 Å². The minimum Gasteiger partial charge on any atom is -0.372 e. The van der Waals surface area contributed by atoms with Crippen LogP contribution in [0.4, 0.5) is 4.39 Å². The number of amides is 1. The highest BCUT2D eigenvalue weighted by atomic mass is 35.5. The molecule has 0 N–H and O–H groups in total. The Hall–Kier alpha value is -1.91. The lowest BCUT2D eigenvalue weighted by Gasteiger charge is -2.32. The number of benzene rings is 2. The van der Waals surface area contributed by atoms with Crippen molar-refractivity contribution in [1.82, 2.24) is 4.90 Å². The van der Waals surface area contributed by atoms with Gasteiger partial charge in [-0.3, -0.25) is 4.79 Å². The van der Waals surface area contributed by atoms with Crippen LogP contribution in [0.3, 0.4) is 0 Å². The first kappa shape index (κ1) is 16.9. The van der Waals surface area contributed by atoms with E-state index in [2.05, 4.69) is 0 Å². The van der Waals surface area contributed by atoms with Crippen LogP contribution in [0.5, 0.6) is 0 Å². The van der Waals surface area contributed by atoms with E-state index >= 15 is 0 Å². The minimum atomic E-state index is -0.340. The zero-order valence-electron chi connectivity index (χ0n) is 13.3. The summed E-state index contributed by atoms with van der Waals surface area (Å²) in [6.45, 7) is 1.73. The van der Waals surface area contributed by atoms with E-state index in [0.717, 1.165) is 18.4 Å². The third-order valence-corrected chi connectivity index (χ3v) is 4.37. The smallest absolute Gasteiger partial charge is 0.253 e. The Morgan fingerprint density at radius 3 is 2.79 bits per heavy atom. The molecule has 0 saturated carbocycles. The zero-order chi connectivity index (χ0) is 16.9. The van der Waals surface area contributed by atoms with Crippen LogP contribution in [0.1, 0.15) is 28.8 Å². The average Bonchev–Trinajstić information content (AvgIpc) is 2.60. The number of carbonyl (C=O) groups excluding carboxylic acids is 1. The molecule has 1 amide bonds. The largest absolute Gasteiger partial charge is 0.372 e. The summed E-state index contributed by atoms with van der Waals surface area (Å²) >= 11 is 5.97. The van der Waals surface area contributed by atoms with E-state index < -0.39 is 0 Å². The summed E-state index contributed by atoms with van der Waals surface area (Å²) in [6, 6.07) is 13.2. The lowest BCUT2D eigenvalue weighted by atomic mass is 10.1. The first-order valence-electron chi connectivity index (χ1n) is 8.03. The predicted octanol–water partition coefficient (Wildman–Crippen LogP) is 4.30. The summed E-state index contributed by atoms with van der Waals surface area (Å²) in [4.78, 5) is 14.3. The molecule has 24 heavy (non-hydrogen) atoms. The van der Waals surface area contributed by atoms with Crippen LogP contribution in [0.25, 0.3) is 0 Å². The third kappa shape index (κ3) is 4.34. The minimum absolute atomic E-state index is 0.00197. The second kappa shape index (κ2) is 7.77. The number of hydrogen-bond donors (Lipinski definition) is 0. The van der Waals surface area contributed by atoms with Gasteiger partial charge in [-0.05, 0) is 54.8 Å². The molecule has 2 aromatic rings. The summed E-state index contributed by atoms with van der Waals surface area (Å²) in [5.74, 6) is -0.418. The van der Waals surface area contributed by atoms with E-state index in [9.17, 15) is 9.18 Å². The molecule has 1 aliphatic rings. The topological polar surface area (TPSA) is 29.5 Å². The number of carbonyl (C=O) groups is 1. The second-order valence-corrected chi connectivity index (χ2v) is 6.40. The van der Waals surface area contributed by atoms with Gasteiger partial charge in [-0.15, -0.1) is 0 Å². The van der Waals surface area contributed by atoms with Crippen LogP contribution in [-0.4, -0.2) is 30.0 Å². The molecule has 5 heteroatoms. The van der Waals surface area contributed by atoms with Crippen molar-refractivity contribution in [2.24, 2.45) is 0 Å². The van der Waals surface area contributed by atoms with Gasteiger partial charge < -0.3 is 9.64 Å². The molecule has 0 radical (unpaired) electrons. The molecule has 1 saturated heterocycles. The highest BCUT2D eigenvalue weighted by Crippen LogP contribution is 2.19. The summed E-state index contributed by atoms with van der Waals surface area (Å²) in [5.41, 5.74) is 1.52. The van der Waals surface area contributed by atoms with Crippen LogP contribution >= 0.6 is 11.6 Å². The Bertz CT molecular complexity index is 705. The lowest BCUT2D eigenvalue weighted by molar-refractivity contribution is -0.00672. The Morgan fingerprint density at radius 2 is 2.04 bits per heavy atom. The first-order valence-corrected chi connectivity index (χ1v) is 8.40. The monoisotopic (exact) mass is 347 g/mol. The van der Waals surface area contributed by atoms with Crippen LogP contribution in [-0.2, 0) is 11.3 Å². The average molecular weight is 348 g/mol. The van der Waals surface area contributed by atoms with E-state index in [1.807, 2.05) is 24.3 Å². The van der Waals surface area contributed by atoms with Crippen molar-refractivity contribution in [2.75, 3.05) is 13.1 Å². The van der Waals surface area contributed by atoms with E-state index in [0.29, 0.717) is 30.3 Å². The van der Waals surface area contributed by atoms with Gasteiger partial charge in [-0.2, -0.15) is 0 Å². The molecule has 3 nitrogen and oxygen atoms in total. The molecular formula is C19H19ClFNO2. The molecule has 3 rings (SSSR count). The number of nitrogens with zero attached hydrogens (tertiary/aromatic N) is 1. The quantitative estimate of drug-likeness (QED) is 0.825. The Morgan fingerprint density at radius 1 is 1.25 bits per heavy atom. The fourth-order valence-corrected chi connectivity index (χ4v) is 3.09. The van der Waals surface area contributed by atoms with Gasteiger partial charge >= 0.3 is 0 Å². The SMILES string of the molecule is O=C(c1ccc(F)cc1)N1CCC[C@@H](OCc2cccc(Cl)c2)C1. The summed E-state index contributed by atoms with van der Waals surface area (Å²) in [5, 5.41) is 0.688. The van der Waals surface area contributed by atoms with Gasteiger partial charge in [-0.1, -0.05) is 23.7 Å². The van der Waals surface area contributed by atoms with Gasteiger partial charge in [0.25, 0.3) is 5.91 Å². The first-order chi connectivity index (χ1) is 11.6. The van der Waals surface area contributed by atoms with Crippen molar-refractivity contribution >= 4 is 17.5 Å². The third-order valence-electron chi connectivity index (χ3n) is 4.13. The number of likely N-dealkylation sites (tertiary alicyclic amines) is 1. The number of ether oxygens (including phenoxy) is 1. The van der Waals surface area contributed by atoms with Crippen LogP contribution in [0.2, 0.25) is 5.02 Å². The maximum Gasteiger partial charge on any atom is 0.253 e. The van der Waals surface area contributed by atoms with Gasteiger partial charge in [0, 0.05) is 23.7 Å².